The molecule has 1 unspecified atom stereocenters. The maximum Gasteiger partial charge on any atom is 0.356 e. The summed E-state index contributed by atoms with van der Waals surface area (Å²) in [5.74, 6) is 1.07. The summed E-state index contributed by atoms with van der Waals surface area (Å²) in [5.41, 5.74) is 3.65. The van der Waals surface area contributed by atoms with Gasteiger partial charge in [0.05, 0.1) is 46.2 Å². The number of aromatic nitrogens is 2. The summed E-state index contributed by atoms with van der Waals surface area (Å²) in [7, 11) is -2.34. The van der Waals surface area contributed by atoms with Crippen molar-refractivity contribution in [3.8, 4) is 5.75 Å². The number of methoxy groups -OCH3 is 1. The lowest BCUT2D eigenvalue weighted by molar-refractivity contribution is -0.0644. The maximum absolute atomic E-state index is 15.1. The van der Waals surface area contributed by atoms with Gasteiger partial charge in [-0.15, -0.1) is 0 Å². The lowest BCUT2D eigenvalue weighted by atomic mass is 9.77. The zero-order chi connectivity index (χ0) is 59.8. The fourth-order valence-corrected chi connectivity index (χ4v) is 12.6. The van der Waals surface area contributed by atoms with E-state index in [0.717, 1.165) is 57.5 Å². The average molecular weight is 1180 g/mol. The van der Waals surface area contributed by atoms with E-state index in [1.807, 2.05) is 146 Å². The van der Waals surface area contributed by atoms with Crippen LogP contribution in [0.4, 0.5) is 5.82 Å². The van der Waals surface area contributed by atoms with Crippen molar-refractivity contribution in [2.24, 2.45) is 0 Å². The standard InChI is InChI=1S/C74H90N3O8P/c1-3-4-5-6-7-8-9-10-11-12-13-14-15-16-17-36-55-81-56-57-84-86(79,85-59-62-37-24-18-25-38-62)61-82-70(60-83-74(66-43-30-21-31-44-66,67-45-32-22-33-46-67)68-47-34-23-35-48-68)58-77-54-53-71(75-72(77)78)76-73(63-39-26-19-27-40-63,64-41-28-20-29-42-64)65-49-51-69(80-2)52-50-65/h18-35,37-54,70H,3-17,36,55-61H2,1-2H3,(H,75,76,78)/t70-,86?/m0/s1. The molecule has 0 fully saturated rings. The fraction of sp³-hybridized carbons (Fsp3) is 0.378. The maximum atomic E-state index is 15.1. The van der Waals surface area contributed by atoms with Gasteiger partial charge in [0.2, 0.25) is 0 Å². The molecule has 0 amide bonds. The van der Waals surface area contributed by atoms with Crippen molar-refractivity contribution in [1.29, 1.82) is 0 Å². The van der Waals surface area contributed by atoms with E-state index in [0.29, 0.717) is 12.4 Å². The summed E-state index contributed by atoms with van der Waals surface area (Å²) < 4.78 is 54.7. The molecule has 2 atom stereocenters. The summed E-state index contributed by atoms with van der Waals surface area (Å²) in [6, 6.07) is 69.7. The Bertz CT molecular complexity index is 3070. The van der Waals surface area contributed by atoms with Crippen molar-refractivity contribution < 1.29 is 32.6 Å². The topological polar surface area (TPSA) is 119 Å². The highest BCUT2D eigenvalue weighted by Crippen LogP contribution is 2.50. The Labute approximate surface area is 512 Å². The molecule has 86 heavy (non-hydrogen) atoms. The van der Waals surface area contributed by atoms with Crippen molar-refractivity contribution in [2.45, 2.75) is 140 Å². The SMILES string of the molecule is CCCCCCCCCCCCCCCCCCOCCOP(=O)(CO[C@H](COC(c1ccccc1)(c1ccccc1)c1ccccc1)Cn1ccc(NC(c2ccccc2)(c2ccccc2)c2ccc(OC)cc2)nc1=O)OCc1ccccc1. The van der Waals surface area contributed by atoms with Gasteiger partial charge in [-0.05, 0) is 63.6 Å². The van der Waals surface area contributed by atoms with Gasteiger partial charge in [-0.2, -0.15) is 4.98 Å². The predicted octanol–water partition coefficient (Wildman–Crippen LogP) is 17.7. The first-order valence-corrected chi connectivity index (χ1v) is 33.1. The van der Waals surface area contributed by atoms with Crippen LogP contribution < -0.4 is 15.7 Å². The molecule has 0 aliphatic carbocycles. The molecule has 0 bridgehead atoms. The van der Waals surface area contributed by atoms with Crippen molar-refractivity contribution in [1.82, 2.24) is 9.55 Å². The number of anilines is 1. The van der Waals surface area contributed by atoms with Crippen LogP contribution >= 0.6 is 7.60 Å². The van der Waals surface area contributed by atoms with Crippen LogP contribution in [0.2, 0.25) is 0 Å². The van der Waals surface area contributed by atoms with Gasteiger partial charge in [-0.1, -0.05) is 297 Å². The first-order chi connectivity index (χ1) is 42.3. The molecule has 0 spiro atoms. The molecule has 11 nitrogen and oxygen atoms in total. The van der Waals surface area contributed by atoms with Crippen LogP contribution in [0.25, 0.3) is 0 Å². The third-order valence-corrected chi connectivity index (χ3v) is 17.5. The molecule has 8 rings (SSSR count). The number of unbranched alkanes of at least 4 members (excludes halogenated alkanes) is 15. The second kappa shape index (κ2) is 35.6. The number of hydrogen-bond donors (Lipinski definition) is 1. The number of rotatable bonds is 41. The van der Waals surface area contributed by atoms with Gasteiger partial charge in [0.1, 0.15) is 29.1 Å². The smallest absolute Gasteiger partial charge is 0.356 e. The number of ether oxygens (including phenoxy) is 4. The zero-order valence-corrected chi connectivity index (χ0v) is 51.6. The quantitative estimate of drug-likeness (QED) is 0.0225. The van der Waals surface area contributed by atoms with E-state index in [1.165, 1.54) is 94.5 Å². The van der Waals surface area contributed by atoms with Crippen LogP contribution in [0.1, 0.15) is 149 Å². The van der Waals surface area contributed by atoms with E-state index >= 15 is 4.57 Å². The van der Waals surface area contributed by atoms with E-state index in [9.17, 15) is 4.79 Å². The first kappa shape index (κ1) is 65.0. The van der Waals surface area contributed by atoms with Crippen LogP contribution in [0.5, 0.6) is 5.75 Å². The largest absolute Gasteiger partial charge is 0.497 e. The molecular formula is C74H90N3O8P. The van der Waals surface area contributed by atoms with Crippen molar-refractivity contribution >= 4 is 13.4 Å². The van der Waals surface area contributed by atoms with Gasteiger partial charge in [-0.3, -0.25) is 9.13 Å². The van der Waals surface area contributed by atoms with E-state index < -0.39 is 36.9 Å². The summed E-state index contributed by atoms with van der Waals surface area (Å²) in [4.78, 5) is 19.4. The molecule has 7 aromatic carbocycles. The number of nitrogens with zero attached hydrogens (tertiary/aromatic N) is 2. The molecule has 0 radical (unpaired) electrons. The van der Waals surface area contributed by atoms with Crippen molar-refractivity contribution in [3.63, 3.8) is 0 Å². The summed E-state index contributed by atoms with van der Waals surface area (Å²) in [5, 5.41) is 3.73. The van der Waals surface area contributed by atoms with Crippen LogP contribution in [0.3, 0.4) is 0 Å². The van der Waals surface area contributed by atoms with E-state index in [4.69, 9.17) is 33.0 Å². The van der Waals surface area contributed by atoms with E-state index in [-0.39, 0.29) is 33.0 Å². The minimum Gasteiger partial charge on any atom is -0.497 e. The second-order valence-corrected chi connectivity index (χ2v) is 24.2. The number of benzene rings is 7. The molecule has 454 valence electrons. The Balaban J connectivity index is 0.992. The van der Waals surface area contributed by atoms with Crippen LogP contribution in [0, 0.1) is 0 Å². The minimum absolute atomic E-state index is 0.0251. The third-order valence-electron chi connectivity index (χ3n) is 16.0. The van der Waals surface area contributed by atoms with Gasteiger partial charge in [0.25, 0.3) is 0 Å². The van der Waals surface area contributed by atoms with E-state index in [1.54, 1.807) is 19.4 Å². The molecule has 1 N–H and O–H groups in total. The second-order valence-electron chi connectivity index (χ2n) is 22.2. The molecular weight excluding hydrogens is 1090 g/mol. The zero-order valence-electron chi connectivity index (χ0n) is 50.7. The Morgan fingerprint density at radius 1 is 0.500 bits per heavy atom. The monoisotopic (exact) mass is 1180 g/mol. The van der Waals surface area contributed by atoms with Crippen LogP contribution in [-0.2, 0) is 52.1 Å². The molecule has 0 saturated heterocycles. The highest BCUT2D eigenvalue weighted by atomic mass is 31.2. The summed E-state index contributed by atoms with van der Waals surface area (Å²) in [6.45, 7) is 3.10. The minimum atomic E-state index is -3.99. The molecule has 0 aliphatic rings. The lowest BCUT2D eigenvalue weighted by Crippen LogP contribution is -2.40. The molecule has 0 saturated carbocycles. The Morgan fingerprint density at radius 2 is 0.942 bits per heavy atom. The Kier molecular flexibility index (Phi) is 26.9. The predicted molar refractivity (Wildman–Crippen MR) is 348 cm³/mol. The number of hydrogen-bond acceptors (Lipinski definition) is 10. The Morgan fingerprint density at radius 3 is 1.41 bits per heavy atom. The van der Waals surface area contributed by atoms with Gasteiger partial charge in [0.15, 0.2) is 0 Å². The van der Waals surface area contributed by atoms with Crippen molar-refractivity contribution in [3.05, 3.63) is 268 Å². The van der Waals surface area contributed by atoms with Crippen LogP contribution in [-0.4, -0.2) is 55.5 Å². The number of nitrogens with one attached hydrogen (secondary N) is 1. The van der Waals surface area contributed by atoms with Gasteiger partial charge in [-0.25, -0.2) is 4.79 Å². The molecule has 1 aromatic heterocycles. The van der Waals surface area contributed by atoms with Crippen LogP contribution in [0.15, 0.2) is 223 Å². The first-order valence-electron chi connectivity index (χ1n) is 31.4. The van der Waals surface area contributed by atoms with Gasteiger partial charge >= 0.3 is 13.3 Å². The summed E-state index contributed by atoms with van der Waals surface area (Å²) >= 11 is 0. The average Bonchev–Trinajstić information content (AvgIpc) is 2.18. The normalized spacial score (nSPS) is 12.8. The van der Waals surface area contributed by atoms with E-state index in [2.05, 4.69) is 72.9 Å². The van der Waals surface area contributed by atoms with Gasteiger partial charge < -0.3 is 33.3 Å². The Hall–Kier alpha value is -6.95. The van der Waals surface area contributed by atoms with Crippen molar-refractivity contribution in [2.75, 3.05) is 45.2 Å². The molecule has 12 heteroatoms. The lowest BCUT2D eigenvalue weighted by Gasteiger charge is -2.37. The molecule has 8 aromatic rings. The highest BCUT2D eigenvalue weighted by molar-refractivity contribution is 7.53. The summed E-state index contributed by atoms with van der Waals surface area (Å²) in [6.07, 6.45) is 21.3. The molecule has 0 aliphatic heterocycles. The third kappa shape index (κ3) is 19.3. The molecule has 1 heterocycles. The van der Waals surface area contributed by atoms with Gasteiger partial charge in [0, 0.05) is 12.8 Å². The fourth-order valence-electron chi connectivity index (χ4n) is 11.3. The highest BCUT2D eigenvalue weighted by Gasteiger charge is 2.40.